The highest BCUT2D eigenvalue weighted by Crippen LogP contribution is 2.37. The first-order valence-corrected chi connectivity index (χ1v) is 9.45. The molecule has 1 atom stereocenters. The van der Waals surface area contributed by atoms with Crippen molar-refractivity contribution < 1.29 is 31.5 Å². The van der Waals surface area contributed by atoms with Gasteiger partial charge in [-0.1, -0.05) is 17.7 Å². The fourth-order valence-corrected chi connectivity index (χ4v) is 3.55. The molecule has 1 aromatic heterocycles. The summed E-state index contributed by atoms with van der Waals surface area (Å²) in [6, 6.07) is 4.52. The molecule has 0 radical (unpaired) electrons. The van der Waals surface area contributed by atoms with Gasteiger partial charge in [0.05, 0.1) is 11.6 Å². The number of ketones is 1. The Hall–Kier alpha value is -2.30. The van der Waals surface area contributed by atoms with Crippen LogP contribution in [0.5, 0.6) is 0 Å². The van der Waals surface area contributed by atoms with E-state index in [4.69, 9.17) is 22.1 Å². The largest absolute Gasteiger partial charge is 0.385 e. The lowest BCUT2D eigenvalue weighted by Gasteiger charge is -2.33. The number of alkyl halides is 4. The zero-order valence-electron chi connectivity index (χ0n) is 16.3. The number of carbonyl (C=O) groups excluding carboxylic acids is 1. The number of pyridine rings is 1. The molecule has 0 saturated heterocycles. The van der Waals surface area contributed by atoms with E-state index in [1.54, 1.807) is 0 Å². The topological polar surface area (TPSA) is 77.6 Å². The fraction of sp³-hybridized carbons (Fsp3) is 0.350. The summed E-state index contributed by atoms with van der Waals surface area (Å²) in [6.45, 7) is -0.737. The molecule has 174 valence electrons. The van der Waals surface area contributed by atoms with Gasteiger partial charge in [0, 0.05) is 24.6 Å². The number of ether oxygens (including phenoxy) is 1. The Morgan fingerprint density at radius 1 is 1.22 bits per heavy atom. The van der Waals surface area contributed by atoms with Gasteiger partial charge < -0.3 is 10.5 Å². The molecule has 0 spiro atoms. The lowest BCUT2D eigenvalue weighted by molar-refractivity contribution is -0.0146. The van der Waals surface area contributed by atoms with Crippen LogP contribution in [-0.4, -0.2) is 42.7 Å². The van der Waals surface area contributed by atoms with Gasteiger partial charge in [-0.3, -0.25) is 14.8 Å². The minimum atomic E-state index is -3.12. The average molecular weight is 498 g/mol. The van der Waals surface area contributed by atoms with Gasteiger partial charge in [0.25, 0.3) is 6.43 Å². The van der Waals surface area contributed by atoms with Gasteiger partial charge in [-0.2, -0.15) is 0 Å². The fourth-order valence-electron chi connectivity index (χ4n) is 3.26. The van der Waals surface area contributed by atoms with Gasteiger partial charge in [0.2, 0.25) is 6.43 Å². The Balaban J connectivity index is 0.00000363. The highest BCUT2D eigenvalue weighted by Gasteiger charge is 2.46. The molecule has 0 fully saturated rings. The number of amidine groups is 1. The molecule has 2 N–H and O–H groups in total. The SMILES string of the molecule is Cl.NC1=N[C@@](c2cc(CC(=O)c3ncc(CC(F)F)cc3Cl)ccc2F)(C(F)F)COC1. The summed E-state index contributed by atoms with van der Waals surface area (Å²) in [5, 5.41) is -0.118. The predicted octanol–water partition coefficient (Wildman–Crippen LogP) is 4.38. The van der Waals surface area contributed by atoms with Crippen LogP contribution in [-0.2, 0) is 23.1 Å². The number of aromatic nitrogens is 1. The molecule has 12 heteroatoms. The maximum absolute atomic E-state index is 14.5. The van der Waals surface area contributed by atoms with E-state index >= 15 is 0 Å². The Kier molecular flexibility index (Phi) is 8.55. The van der Waals surface area contributed by atoms with Crippen LogP contribution < -0.4 is 5.73 Å². The normalized spacial score (nSPS) is 18.4. The van der Waals surface area contributed by atoms with Crippen LogP contribution in [0.2, 0.25) is 5.02 Å². The van der Waals surface area contributed by atoms with Crippen molar-refractivity contribution in [1.29, 1.82) is 0 Å². The van der Waals surface area contributed by atoms with Gasteiger partial charge in [0.15, 0.2) is 11.3 Å². The molecular formula is C20H18Cl2F5N3O2. The smallest absolute Gasteiger partial charge is 0.269 e. The van der Waals surface area contributed by atoms with Crippen LogP contribution >= 0.6 is 24.0 Å². The Bertz CT molecular complexity index is 1020. The maximum atomic E-state index is 14.5. The first-order chi connectivity index (χ1) is 14.6. The van der Waals surface area contributed by atoms with E-state index in [-0.39, 0.29) is 53.1 Å². The van der Waals surface area contributed by atoms with E-state index < -0.39 is 48.6 Å². The van der Waals surface area contributed by atoms with E-state index in [1.807, 2.05) is 0 Å². The predicted molar refractivity (Wildman–Crippen MR) is 111 cm³/mol. The second kappa shape index (κ2) is 10.5. The van der Waals surface area contributed by atoms with Gasteiger partial charge in [-0.25, -0.2) is 22.0 Å². The number of hydrogen-bond acceptors (Lipinski definition) is 5. The minimum absolute atomic E-state index is 0. The minimum Gasteiger partial charge on any atom is -0.385 e. The molecule has 1 aliphatic rings. The number of aliphatic imine (C=N–C) groups is 1. The van der Waals surface area contributed by atoms with Gasteiger partial charge in [-0.05, 0) is 29.3 Å². The number of nitrogens with two attached hydrogens (primary N) is 1. The van der Waals surface area contributed by atoms with Gasteiger partial charge in [-0.15, -0.1) is 12.4 Å². The first-order valence-electron chi connectivity index (χ1n) is 9.07. The van der Waals surface area contributed by atoms with Crippen molar-refractivity contribution in [3.63, 3.8) is 0 Å². The number of rotatable bonds is 7. The number of benzene rings is 1. The van der Waals surface area contributed by atoms with E-state index in [1.165, 1.54) is 12.1 Å². The third-order valence-corrected chi connectivity index (χ3v) is 4.98. The van der Waals surface area contributed by atoms with Crippen molar-refractivity contribution in [1.82, 2.24) is 4.98 Å². The van der Waals surface area contributed by atoms with Crippen molar-refractivity contribution in [3.05, 3.63) is 63.7 Å². The second-order valence-electron chi connectivity index (χ2n) is 7.00. The zero-order chi connectivity index (χ0) is 22.8. The van der Waals surface area contributed by atoms with E-state index in [2.05, 4.69) is 9.98 Å². The molecule has 0 bridgehead atoms. The standard InChI is InChI=1S/C20H17ClF5N3O2.ClH/c21-13-4-11(6-16(23)24)7-28-18(13)15(30)5-10-1-2-14(22)12(3-10)20(19(25)26)9-31-8-17(27)29-20;/h1-4,7,16,19H,5-6,8-9H2,(H2,27,29);1H/t20-;/m0./s1. The Morgan fingerprint density at radius 3 is 2.53 bits per heavy atom. The molecule has 0 amide bonds. The third-order valence-electron chi connectivity index (χ3n) is 4.69. The number of hydrogen-bond donors (Lipinski definition) is 1. The van der Waals surface area contributed by atoms with Crippen LogP contribution in [0, 0.1) is 5.82 Å². The molecule has 3 rings (SSSR count). The average Bonchev–Trinajstić information content (AvgIpc) is 2.68. The van der Waals surface area contributed by atoms with Crippen molar-refractivity contribution in [3.8, 4) is 0 Å². The van der Waals surface area contributed by atoms with Gasteiger partial charge in [0.1, 0.15) is 24.0 Å². The van der Waals surface area contributed by atoms with Crippen LogP contribution in [0.25, 0.3) is 0 Å². The monoisotopic (exact) mass is 497 g/mol. The summed E-state index contributed by atoms with van der Waals surface area (Å²) in [7, 11) is 0. The zero-order valence-corrected chi connectivity index (χ0v) is 17.9. The first kappa shape index (κ1) is 26.0. The van der Waals surface area contributed by atoms with Crippen molar-refractivity contribution in [2.45, 2.75) is 31.2 Å². The number of halogens is 7. The Labute approximate surface area is 191 Å². The molecule has 1 aromatic carbocycles. The van der Waals surface area contributed by atoms with E-state index in [9.17, 15) is 26.7 Å². The van der Waals surface area contributed by atoms with E-state index in [0.717, 1.165) is 18.3 Å². The number of nitrogens with zero attached hydrogens (tertiary/aromatic N) is 2. The summed E-state index contributed by atoms with van der Waals surface area (Å²) < 4.78 is 72.3. The molecule has 0 saturated carbocycles. The molecule has 0 unspecified atom stereocenters. The van der Waals surface area contributed by atoms with Crippen molar-refractivity contribution >= 4 is 35.6 Å². The summed E-state index contributed by atoms with van der Waals surface area (Å²) in [5.74, 6) is -1.75. The quantitative estimate of drug-likeness (QED) is 0.454. The maximum Gasteiger partial charge on any atom is 0.269 e. The summed E-state index contributed by atoms with van der Waals surface area (Å²) in [4.78, 5) is 20.2. The molecule has 1 aliphatic heterocycles. The summed E-state index contributed by atoms with van der Waals surface area (Å²) >= 11 is 6.00. The van der Waals surface area contributed by atoms with Crippen molar-refractivity contribution in [2.75, 3.05) is 13.2 Å². The molecule has 5 nitrogen and oxygen atoms in total. The van der Waals surface area contributed by atoms with E-state index in [0.29, 0.717) is 0 Å². The third kappa shape index (κ3) is 5.54. The number of carbonyl (C=O) groups is 1. The molecule has 2 aromatic rings. The summed E-state index contributed by atoms with van der Waals surface area (Å²) in [6.07, 6.45) is -5.51. The highest BCUT2D eigenvalue weighted by atomic mass is 35.5. The van der Waals surface area contributed by atoms with Crippen LogP contribution in [0.3, 0.4) is 0 Å². The highest BCUT2D eigenvalue weighted by molar-refractivity contribution is 6.33. The number of Topliss-reactive ketones (excluding diaryl/α,β-unsaturated/α-hetero) is 1. The molecule has 0 aliphatic carbocycles. The molecule has 2 heterocycles. The molecular weight excluding hydrogens is 480 g/mol. The Morgan fingerprint density at radius 2 is 1.94 bits per heavy atom. The van der Waals surface area contributed by atoms with Crippen LogP contribution in [0.15, 0.2) is 35.5 Å². The molecule has 32 heavy (non-hydrogen) atoms. The van der Waals surface area contributed by atoms with Crippen molar-refractivity contribution in [2.24, 2.45) is 10.7 Å². The lowest BCUT2D eigenvalue weighted by atomic mass is 9.88. The second-order valence-corrected chi connectivity index (χ2v) is 7.41. The lowest BCUT2D eigenvalue weighted by Crippen LogP contribution is -2.45. The van der Waals surface area contributed by atoms with Crippen LogP contribution in [0.4, 0.5) is 22.0 Å². The summed E-state index contributed by atoms with van der Waals surface area (Å²) in [5.41, 5.74) is 2.94. The van der Waals surface area contributed by atoms with Crippen LogP contribution in [0.1, 0.15) is 27.2 Å². The van der Waals surface area contributed by atoms with Gasteiger partial charge >= 0.3 is 0 Å².